The van der Waals surface area contributed by atoms with Gasteiger partial charge in [0.1, 0.15) is 0 Å². The third-order valence-corrected chi connectivity index (χ3v) is 3.55. The van der Waals surface area contributed by atoms with Crippen LogP contribution in [0, 0.1) is 6.92 Å². The molecule has 5 nitrogen and oxygen atoms in total. The number of amides is 1. The number of aromatic amines is 1. The van der Waals surface area contributed by atoms with E-state index in [9.17, 15) is 9.59 Å². The molecule has 1 amide bonds. The van der Waals surface area contributed by atoms with Crippen molar-refractivity contribution >= 4 is 28.5 Å². The van der Waals surface area contributed by atoms with E-state index in [-0.39, 0.29) is 11.5 Å². The van der Waals surface area contributed by atoms with Gasteiger partial charge >= 0.3 is 5.97 Å². The highest BCUT2D eigenvalue weighted by Gasteiger charge is 2.11. The molecule has 3 rings (SSSR count). The van der Waals surface area contributed by atoms with Gasteiger partial charge in [0.15, 0.2) is 0 Å². The molecule has 0 aliphatic rings. The average Bonchev–Trinajstić information content (AvgIpc) is 2.96. The Bertz CT molecular complexity index is 880. The standard InChI is InChI=1S/C17H14N2O3/c1-10-2-3-13(17(21)22)9-14(10)19-16(20)12-5-4-11-6-7-18-15(11)8-12/h2-9,18H,1H3,(H,19,20)(H,21,22). The third-order valence-electron chi connectivity index (χ3n) is 3.55. The number of aromatic carboxylic acids is 1. The Morgan fingerprint density at radius 2 is 1.82 bits per heavy atom. The van der Waals surface area contributed by atoms with Crippen LogP contribution in [0.1, 0.15) is 26.3 Å². The zero-order valence-corrected chi connectivity index (χ0v) is 11.9. The van der Waals surface area contributed by atoms with Gasteiger partial charge < -0.3 is 15.4 Å². The minimum atomic E-state index is -1.02. The number of aromatic nitrogens is 1. The summed E-state index contributed by atoms with van der Waals surface area (Å²) >= 11 is 0. The summed E-state index contributed by atoms with van der Waals surface area (Å²) in [5.41, 5.74) is 2.83. The summed E-state index contributed by atoms with van der Waals surface area (Å²) in [7, 11) is 0. The Balaban J connectivity index is 1.90. The van der Waals surface area contributed by atoms with Gasteiger partial charge in [-0.3, -0.25) is 4.79 Å². The van der Waals surface area contributed by atoms with Crippen LogP contribution in [0.5, 0.6) is 0 Å². The number of benzene rings is 2. The minimum Gasteiger partial charge on any atom is -0.478 e. The molecule has 0 fully saturated rings. The number of hydrogen-bond donors (Lipinski definition) is 3. The van der Waals surface area contributed by atoms with E-state index in [1.807, 2.05) is 25.3 Å². The molecule has 3 N–H and O–H groups in total. The molecule has 0 atom stereocenters. The molecule has 0 bridgehead atoms. The van der Waals surface area contributed by atoms with Gasteiger partial charge in [-0.2, -0.15) is 0 Å². The lowest BCUT2D eigenvalue weighted by molar-refractivity contribution is 0.0696. The van der Waals surface area contributed by atoms with Gasteiger partial charge in [0, 0.05) is 23.0 Å². The van der Waals surface area contributed by atoms with E-state index in [2.05, 4.69) is 10.3 Å². The third kappa shape index (κ3) is 2.56. The van der Waals surface area contributed by atoms with Crippen LogP contribution in [-0.2, 0) is 0 Å². The van der Waals surface area contributed by atoms with Crippen LogP contribution in [0.2, 0.25) is 0 Å². The summed E-state index contributed by atoms with van der Waals surface area (Å²) < 4.78 is 0. The largest absolute Gasteiger partial charge is 0.478 e. The molecule has 0 radical (unpaired) electrons. The van der Waals surface area contributed by atoms with Crippen molar-refractivity contribution in [1.29, 1.82) is 0 Å². The molecule has 2 aromatic carbocycles. The van der Waals surface area contributed by atoms with Crippen LogP contribution >= 0.6 is 0 Å². The van der Waals surface area contributed by atoms with Crippen molar-refractivity contribution in [2.75, 3.05) is 5.32 Å². The van der Waals surface area contributed by atoms with Crippen molar-refractivity contribution in [3.05, 3.63) is 65.4 Å². The monoisotopic (exact) mass is 294 g/mol. The minimum absolute atomic E-state index is 0.140. The topological polar surface area (TPSA) is 82.2 Å². The first-order valence-corrected chi connectivity index (χ1v) is 6.77. The number of aryl methyl sites for hydroxylation is 1. The zero-order chi connectivity index (χ0) is 15.7. The van der Waals surface area contributed by atoms with E-state index in [0.29, 0.717) is 11.3 Å². The number of anilines is 1. The van der Waals surface area contributed by atoms with Crippen LogP contribution in [0.4, 0.5) is 5.69 Å². The molecule has 0 spiro atoms. The van der Waals surface area contributed by atoms with E-state index < -0.39 is 5.97 Å². The maximum atomic E-state index is 12.3. The molecule has 22 heavy (non-hydrogen) atoms. The van der Waals surface area contributed by atoms with Gasteiger partial charge in [0.05, 0.1) is 5.56 Å². The number of H-pyrrole nitrogens is 1. The highest BCUT2D eigenvalue weighted by atomic mass is 16.4. The van der Waals surface area contributed by atoms with Gasteiger partial charge in [-0.1, -0.05) is 12.1 Å². The van der Waals surface area contributed by atoms with E-state index >= 15 is 0 Å². The fourth-order valence-corrected chi connectivity index (χ4v) is 2.27. The molecule has 0 unspecified atom stereocenters. The fraction of sp³-hybridized carbons (Fsp3) is 0.0588. The van der Waals surface area contributed by atoms with Crippen LogP contribution < -0.4 is 5.32 Å². The van der Waals surface area contributed by atoms with E-state index in [0.717, 1.165) is 16.5 Å². The number of fused-ring (bicyclic) bond motifs is 1. The quantitative estimate of drug-likeness (QED) is 0.692. The maximum Gasteiger partial charge on any atom is 0.335 e. The highest BCUT2D eigenvalue weighted by Crippen LogP contribution is 2.19. The Labute approximate surface area is 126 Å². The summed E-state index contributed by atoms with van der Waals surface area (Å²) in [6, 6.07) is 11.9. The van der Waals surface area contributed by atoms with Crippen molar-refractivity contribution in [3.8, 4) is 0 Å². The highest BCUT2D eigenvalue weighted by molar-refractivity contribution is 6.07. The molecule has 1 heterocycles. The van der Waals surface area contributed by atoms with Crippen molar-refractivity contribution in [3.63, 3.8) is 0 Å². The average molecular weight is 294 g/mol. The zero-order valence-electron chi connectivity index (χ0n) is 11.9. The lowest BCUT2D eigenvalue weighted by Gasteiger charge is -2.09. The van der Waals surface area contributed by atoms with E-state index in [1.165, 1.54) is 12.1 Å². The molecule has 5 heteroatoms. The molecule has 110 valence electrons. The first kappa shape index (κ1) is 13.9. The summed E-state index contributed by atoms with van der Waals surface area (Å²) in [5, 5.41) is 12.8. The predicted octanol–water partition coefficient (Wildman–Crippen LogP) is 3.43. The van der Waals surface area contributed by atoms with Gasteiger partial charge in [0.25, 0.3) is 5.91 Å². The van der Waals surface area contributed by atoms with Gasteiger partial charge in [0.2, 0.25) is 0 Å². The lowest BCUT2D eigenvalue weighted by atomic mass is 10.1. The smallest absolute Gasteiger partial charge is 0.335 e. The van der Waals surface area contributed by atoms with Crippen LogP contribution in [0.15, 0.2) is 48.7 Å². The fourth-order valence-electron chi connectivity index (χ4n) is 2.27. The SMILES string of the molecule is Cc1ccc(C(=O)O)cc1NC(=O)c1ccc2cc[nH]c2c1. The number of carboxylic acids is 1. The number of rotatable bonds is 3. The second kappa shape index (κ2) is 5.37. The second-order valence-electron chi connectivity index (χ2n) is 5.07. The molecule has 0 saturated heterocycles. The first-order valence-electron chi connectivity index (χ1n) is 6.77. The van der Waals surface area contributed by atoms with Crippen molar-refractivity contribution in [1.82, 2.24) is 4.98 Å². The number of carbonyl (C=O) groups is 2. The maximum absolute atomic E-state index is 12.3. The van der Waals surface area contributed by atoms with Crippen molar-refractivity contribution in [2.45, 2.75) is 6.92 Å². The van der Waals surface area contributed by atoms with Crippen LogP contribution in [-0.4, -0.2) is 22.0 Å². The van der Waals surface area contributed by atoms with Gasteiger partial charge in [-0.15, -0.1) is 0 Å². The molecular weight excluding hydrogens is 280 g/mol. The number of carboxylic acid groups (broad SMARTS) is 1. The number of carbonyl (C=O) groups excluding carboxylic acids is 1. The molecule has 0 aliphatic carbocycles. The number of nitrogens with one attached hydrogen (secondary N) is 2. The molecule has 1 aromatic heterocycles. The van der Waals surface area contributed by atoms with Crippen molar-refractivity contribution < 1.29 is 14.7 Å². The Kier molecular flexibility index (Phi) is 3.39. The molecule has 0 saturated carbocycles. The van der Waals surface area contributed by atoms with Gasteiger partial charge in [-0.25, -0.2) is 4.79 Å². The van der Waals surface area contributed by atoms with Crippen LogP contribution in [0.3, 0.4) is 0 Å². The Morgan fingerprint density at radius 3 is 2.59 bits per heavy atom. The normalized spacial score (nSPS) is 10.6. The predicted molar refractivity (Wildman–Crippen MR) is 84.4 cm³/mol. The molecule has 3 aromatic rings. The second-order valence-corrected chi connectivity index (χ2v) is 5.07. The summed E-state index contributed by atoms with van der Waals surface area (Å²) in [6.07, 6.45) is 1.81. The summed E-state index contributed by atoms with van der Waals surface area (Å²) in [5.74, 6) is -1.30. The lowest BCUT2D eigenvalue weighted by Crippen LogP contribution is -2.13. The first-order chi connectivity index (χ1) is 10.5. The van der Waals surface area contributed by atoms with E-state index in [4.69, 9.17) is 5.11 Å². The van der Waals surface area contributed by atoms with Gasteiger partial charge in [-0.05, 0) is 48.2 Å². The molecule has 0 aliphatic heterocycles. The van der Waals surface area contributed by atoms with E-state index in [1.54, 1.807) is 18.2 Å². The Morgan fingerprint density at radius 1 is 1.05 bits per heavy atom. The summed E-state index contributed by atoms with van der Waals surface area (Å²) in [4.78, 5) is 26.4. The van der Waals surface area contributed by atoms with Crippen molar-refractivity contribution in [2.24, 2.45) is 0 Å². The number of hydrogen-bond acceptors (Lipinski definition) is 2. The molecular formula is C17H14N2O3. The van der Waals surface area contributed by atoms with Crippen LogP contribution in [0.25, 0.3) is 10.9 Å². The summed E-state index contributed by atoms with van der Waals surface area (Å²) in [6.45, 7) is 1.81. The Hall–Kier alpha value is -3.08.